The lowest BCUT2D eigenvalue weighted by molar-refractivity contribution is 0.619. The molecule has 0 saturated heterocycles. The maximum Gasteiger partial charge on any atom is 0.126 e. The lowest BCUT2D eigenvalue weighted by Crippen LogP contribution is -2.10. The Bertz CT molecular complexity index is 505. The van der Waals surface area contributed by atoms with Gasteiger partial charge in [-0.2, -0.15) is 0 Å². The minimum absolute atomic E-state index is 0.141. The van der Waals surface area contributed by atoms with E-state index >= 15 is 0 Å². The highest BCUT2D eigenvalue weighted by atomic mass is 32.1. The van der Waals surface area contributed by atoms with Gasteiger partial charge in [0, 0.05) is 16.3 Å². The molecular formula is C14H16FNS. The van der Waals surface area contributed by atoms with Crippen molar-refractivity contribution in [3.05, 3.63) is 46.6 Å². The number of hydrogen-bond acceptors (Lipinski definition) is 2. The topological polar surface area (TPSA) is 12.0 Å². The van der Waals surface area contributed by atoms with Crippen LogP contribution < -0.4 is 5.32 Å². The number of halogens is 1. The maximum absolute atomic E-state index is 13.2. The zero-order chi connectivity index (χ0) is 12.3. The highest BCUT2D eigenvalue weighted by molar-refractivity contribution is 7.15. The molecule has 17 heavy (non-hydrogen) atoms. The van der Waals surface area contributed by atoms with Crippen LogP contribution in [0.3, 0.4) is 0 Å². The van der Waals surface area contributed by atoms with Crippen LogP contribution in [0.2, 0.25) is 0 Å². The summed E-state index contributed by atoms with van der Waals surface area (Å²) in [7, 11) is 0. The molecule has 1 aromatic carbocycles. The molecule has 0 unspecified atom stereocenters. The molecular weight excluding hydrogens is 233 g/mol. The van der Waals surface area contributed by atoms with Crippen LogP contribution >= 0.6 is 11.3 Å². The summed E-state index contributed by atoms with van der Waals surface area (Å²) in [6.45, 7) is 5.77. The minimum atomic E-state index is -0.141. The summed E-state index contributed by atoms with van der Waals surface area (Å²) in [5, 5.41) is 3.30. The molecule has 2 rings (SSSR count). The van der Waals surface area contributed by atoms with Gasteiger partial charge < -0.3 is 5.32 Å². The largest absolute Gasteiger partial charge is 0.312 e. The summed E-state index contributed by atoms with van der Waals surface area (Å²) in [5.74, 6) is -0.141. The fourth-order valence-corrected chi connectivity index (χ4v) is 2.65. The number of thiophene rings is 1. The van der Waals surface area contributed by atoms with Crippen LogP contribution in [0, 0.1) is 12.7 Å². The lowest BCUT2D eigenvalue weighted by Gasteiger charge is -2.01. The van der Waals surface area contributed by atoms with Crippen molar-refractivity contribution in [3.8, 4) is 10.4 Å². The van der Waals surface area contributed by atoms with Crippen LogP contribution in [0.1, 0.15) is 17.4 Å². The molecule has 0 radical (unpaired) electrons. The molecule has 1 aromatic heterocycles. The molecule has 0 fully saturated rings. The van der Waals surface area contributed by atoms with E-state index in [4.69, 9.17) is 0 Å². The molecule has 0 aliphatic carbocycles. The van der Waals surface area contributed by atoms with Gasteiger partial charge in [0.15, 0.2) is 0 Å². The van der Waals surface area contributed by atoms with Gasteiger partial charge in [0.2, 0.25) is 0 Å². The van der Waals surface area contributed by atoms with Crippen LogP contribution in [-0.2, 0) is 6.54 Å². The van der Waals surface area contributed by atoms with E-state index in [2.05, 4.69) is 24.4 Å². The third-order valence-electron chi connectivity index (χ3n) is 2.65. The van der Waals surface area contributed by atoms with Gasteiger partial charge in [-0.05, 0) is 48.9 Å². The summed E-state index contributed by atoms with van der Waals surface area (Å²) in [6.07, 6.45) is 0. The Kier molecular flexibility index (Phi) is 3.92. The molecule has 0 atom stereocenters. The molecule has 90 valence electrons. The van der Waals surface area contributed by atoms with E-state index in [1.165, 1.54) is 15.8 Å². The normalized spacial score (nSPS) is 10.8. The van der Waals surface area contributed by atoms with Crippen LogP contribution in [-0.4, -0.2) is 6.54 Å². The smallest absolute Gasteiger partial charge is 0.126 e. The van der Waals surface area contributed by atoms with Gasteiger partial charge in [0.05, 0.1) is 0 Å². The van der Waals surface area contributed by atoms with Crippen molar-refractivity contribution in [3.63, 3.8) is 0 Å². The van der Waals surface area contributed by atoms with Crippen molar-refractivity contribution in [1.82, 2.24) is 5.32 Å². The Morgan fingerprint density at radius 1 is 1.24 bits per heavy atom. The fraction of sp³-hybridized carbons (Fsp3) is 0.286. The highest BCUT2D eigenvalue weighted by Crippen LogP contribution is 2.29. The second-order valence-electron chi connectivity index (χ2n) is 4.01. The molecule has 1 N–H and O–H groups in total. The molecule has 1 nitrogen and oxygen atoms in total. The first-order chi connectivity index (χ1) is 8.20. The average Bonchev–Trinajstić information content (AvgIpc) is 2.79. The first-order valence-corrected chi connectivity index (χ1v) is 6.58. The summed E-state index contributed by atoms with van der Waals surface area (Å²) in [4.78, 5) is 2.50. The second kappa shape index (κ2) is 5.43. The van der Waals surface area contributed by atoms with E-state index in [0.717, 1.165) is 18.7 Å². The monoisotopic (exact) mass is 249 g/mol. The third kappa shape index (κ3) is 2.93. The van der Waals surface area contributed by atoms with Gasteiger partial charge in [-0.15, -0.1) is 11.3 Å². The first-order valence-electron chi connectivity index (χ1n) is 5.76. The Morgan fingerprint density at radius 2 is 2.06 bits per heavy atom. The van der Waals surface area contributed by atoms with Gasteiger partial charge in [-0.3, -0.25) is 0 Å². The molecule has 0 aliphatic rings. The molecule has 0 bridgehead atoms. The van der Waals surface area contributed by atoms with E-state index in [1.54, 1.807) is 18.3 Å². The number of rotatable bonds is 4. The van der Waals surface area contributed by atoms with Crippen LogP contribution in [0.4, 0.5) is 4.39 Å². The van der Waals surface area contributed by atoms with Gasteiger partial charge in [-0.25, -0.2) is 4.39 Å². The summed E-state index contributed by atoms with van der Waals surface area (Å²) in [5.41, 5.74) is 1.79. The Labute approximate surface area is 105 Å². The number of hydrogen-bond donors (Lipinski definition) is 1. The van der Waals surface area contributed by atoms with Crippen molar-refractivity contribution < 1.29 is 4.39 Å². The first kappa shape index (κ1) is 12.3. The zero-order valence-corrected chi connectivity index (χ0v) is 10.9. The lowest BCUT2D eigenvalue weighted by atomic mass is 10.1. The van der Waals surface area contributed by atoms with E-state index in [-0.39, 0.29) is 5.82 Å². The Balaban J connectivity index is 2.21. The molecule has 0 saturated carbocycles. The van der Waals surface area contributed by atoms with Crippen molar-refractivity contribution in [2.75, 3.05) is 6.54 Å². The number of benzene rings is 1. The van der Waals surface area contributed by atoms with Gasteiger partial charge in [-0.1, -0.05) is 13.0 Å². The molecule has 2 aromatic rings. The molecule has 3 heteroatoms. The minimum Gasteiger partial charge on any atom is -0.312 e. The SMILES string of the molecule is CCNCc1ccc(-c2ccc(F)c(C)c2)s1. The van der Waals surface area contributed by atoms with E-state index in [9.17, 15) is 4.39 Å². The van der Waals surface area contributed by atoms with Crippen molar-refractivity contribution >= 4 is 11.3 Å². The fourth-order valence-electron chi connectivity index (χ4n) is 1.67. The van der Waals surface area contributed by atoms with Gasteiger partial charge in [0.25, 0.3) is 0 Å². The third-order valence-corrected chi connectivity index (χ3v) is 3.79. The maximum atomic E-state index is 13.2. The van der Waals surface area contributed by atoms with E-state index < -0.39 is 0 Å². The molecule has 0 aliphatic heterocycles. The standard InChI is InChI=1S/C14H16FNS/c1-3-16-9-12-5-7-14(17-12)11-4-6-13(15)10(2)8-11/h4-8,16H,3,9H2,1-2H3. The summed E-state index contributed by atoms with van der Waals surface area (Å²) < 4.78 is 13.2. The van der Waals surface area contributed by atoms with Gasteiger partial charge in [0.1, 0.15) is 5.82 Å². The predicted octanol–water partition coefficient (Wildman–Crippen LogP) is 3.97. The molecule has 1 heterocycles. The quantitative estimate of drug-likeness (QED) is 0.864. The molecule has 0 amide bonds. The summed E-state index contributed by atoms with van der Waals surface area (Å²) in [6, 6.07) is 9.50. The Hall–Kier alpha value is -1.19. The van der Waals surface area contributed by atoms with Crippen molar-refractivity contribution in [2.24, 2.45) is 0 Å². The van der Waals surface area contributed by atoms with Crippen LogP contribution in [0.15, 0.2) is 30.3 Å². The number of nitrogens with one attached hydrogen (secondary N) is 1. The van der Waals surface area contributed by atoms with Crippen LogP contribution in [0.5, 0.6) is 0 Å². The van der Waals surface area contributed by atoms with Crippen LogP contribution in [0.25, 0.3) is 10.4 Å². The Morgan fingerprint density at radius 3 is 2.76 bits per heavy atom. The highest BCUT2D eigenvalue weighted by Gasteiger charge is 2.04. The van der Waals surface area contributed by atoms with E-state index in [0.29, 0.717) is 5.56 Å². The van der Waals surface area contributed by atoms with Gasteiger partial charge >= 0.3 is 0 Å². The van der Waals surface area contributed by atoms with Crippen molar-refractivity contribution in [2.45, 2.75) is 20.4 Å². The van der Waals surface area contributed by atoms with E-state index in [1.807, 2.05) is 12.1 Å². The van der Waals surface area contributed by atoms with Crippen molar-refractivity contribution in [1.29, 1.82) is 0 Å². The second-order valence-corrected chi connectivity index (χ2v) is 5.18. The predicted molar refractivity (Wildman–Crippen MR) is 71.8 cm³/mol. The molecule has 0 spiro atoms. The summed E-state index contributed by atoms with van der Waals surface area (Å²) >= 11 is 1.76. The number of aryl methyl sites for hydroxylation is 1. The average molecular weight is 249 g/mol. The zero-order valence-electron chi connectivity index (χ0n) is 10.1.